The van der Waals surface area contributed by atoms with Crippen LogP contribution in [0.25, 0.3) is 10.9 Å². The molecule has 1 aromatic heterocycles. The number of H-pyrrole nitrogens is 1. The summed E-state index contributed by atoms with van der Waals surface area (Å²) >= 11 is 0. The Hall–Kier alpha value is -2.04. The minimum Gasteiger partial charge on any atom is -0.361 e. The Labute approximate surface area is 136 Å². The van der Waals surface area contributed by atoms with E-state index in [2.05, 4.69) is 27.5 Å². The number of aromatic nitrogens is 1. The van der Waals surface area contributed by atoms with E-state index in [4.69, 9.17) is 0 Å². The predicted octanol–water partition coefficient (Wildman–Crippen LogP) is 3.35. The molecule has 0 spiro atoms. The lowest BCUT2D eigenvalue weighted by atomic mass is 10.1. The molecule has 1 fully saturated rings. The van der Waals surface area contributed by atoms with Crippen LogP contribution in [0.1, 0.15) is 38.2 Å². The van der Waals surface area contributed by atoms with Crippen molar-refractivity contribution < 1.29 is 4.39 Å². The predicted molar refractivity (Wildman–Crippen MR) is 93.3 cm³/mol. The first kappa shape index (κ1) is 15.8. The number of halogens is 1. The van der Waals surface area contributed by atoms with E-state index in [1.54, 1.807) is 0 Å². The molecule has 23 heavy (non-hydrogen) atoms. The summed E-state index contributed by atoms with van der Waals surface area (Å²) in [4.78, 5) is 7.81. The zero-order valence-electron chi connectivity index (χ0n) is 13.7. The Balaban J connectivity index is 1.62. The average Bonchev–Trinajstić information content (AvgIpc) is 3.17. The fourth-order valence-corrected chi connectivity index (χ4v) is 3.24. The molecular formula is C18H25FN4. The maximum atomic E-state index is 13.2. The Kier molecular flexibility index (Phi) is 5.16. The third kappa shape index (κ3) is 4.03. The SMILES string of the molecule is CCNC(=NCCc1c[nH]c2cc(F)ccc12)NC1CCCC1. The molecule has 1 aliphatic rings. The Bertz CT molecular complexity index is 671. The first-order valence-electron chi connectivity index (χ1n) is 8.56. The van der Waals surface area contributed by atoms with Crippen molar-refractivity contribution in [3.8, 4) is 0 Å². The van der Waals surface area contributed by atoms with Crippen molar-refractivity contribution in [3.63, 3.8) is 0 Å². The number of guanidine groups is 1. The second kappa shape index (κ2) is 7.49. The Morgan fingerprint density at radius 1 is 1.35 bits per heavy atom. The van der Waals surface area contributed by atoms with Gasteiger partial charge >= 0.3 is 0 Å². The number of aliphatic imine (C=N–C) groups is 1. The molecule has 3 rings (SSSR count). The van der Waals surface area contributed by atoms with Crippen molar-refractivity contribution in [1.29, 1.82) is 0 Å². The molecule has 0 bridgehead atoms. The van der Waals surface area contributed by atoms with Gasteiger partial charge in [-0.15, -0.1) is 0 Å². The first-order valence-corrected chi connectivity index (χ1v) is 8.56. The van der Waals surface area contributed by atoms with Crippen molar-refractivity contribution in [1.82, 2.24) is 15.6 Å². The number of rotatable bonds is 5. The number of fused-ring (bicyclic) bond motifs is 1. The molecule has 3 N–H and O–H groups in total. The quantitative estimate of drug-likeness (QED) is 0.585. The van der Waals surface area contributed by atoms with Gasteiger partial charge in [-0.05, 0) is 49.9 Å². The standard InChI is InChI=1S/C18H25FN4/c1-2-20-18(23-15-5-3-4-6-15)21-10-9-13-12-22-17-11-14(19)7-8-16(13)17/h7-8,11-12,15,22H,2-6,9-10H2,1H3,(H2,20,21,23). The van der Waals surface area contributed by atoms with E-state index in [0.29, 0.717) is 12.6 Å². The van der Waals surface area contributed by atoms with Crippen molar-refractivity contribution in [3.05, 3.63) is 35.8 Å². The summed E-state index contributed by atoms with van der Waals surface area (Å²) in [6.45, 7) is 3.66. The Morgan fingerprint density at radius 3 is 2.96 bits per heavy atom. The molecular weight excluding hydrogens is 291 g/mol. The topological polar surface area (TPSA) is 52.2 Å². The van der Waals surface area contributed by atoms with Crippen LogP contribution in [0.3, 0.4) is 0 Å². The summed E-state index contributed by atoms with van der Waals surface area (Å²) < 4.78 is 13.2. The molecule has 1 saturated carbocycles. The highest BCUT2D eigenvalue weighted by Crippen LogP contribution is 2.20. The maximum Gasteiger partial charge on any atom is 0.191 e. The second-order valence-corrected chi connectivity index (χ2v) is 6.14. The molecule has 0 amide bonds. The lowest BCUT2D eigenvalue weighted by Gasteiger charge is -2.16. The van der Waals surface area contributed by atoms with Gasteiger partial charge in [0.25, 0.3) is 0 Å². The summed E-state index contributed by atoms with van der Waals surface area (Å²) in [5.41, 5.74) is 2.03. The van der Waals surface area contributed by atoms with Gasteiger partial charge in [-0.25, -0.2) is 4.39 Å². The minimum atomic E-state index is -0.209. The van der Waals surface area contributed by atoms with Crippen LogP contribution >= 0.6 is 0 Å². The van der Waals surface area contributed by atoms with Crippen molar-refractivity contribution >= 4 is 16.9 Å². The smallest absolute Gasteiger partial charge is 0.191 e. The molecule has 2 aromatic rings. The maximum absolute atomic E-state index is 13.2. The molecule has 5 heteroatoms. The van der Waals surface area contributed by atoms with Crippen LogP contribution in [-0.2, 0) is 6.42 Å². The number of hydrogen-bond donors (Lipinski definition) is 3. The highest BCUT2D eigenvalue weighted by atomic mass is 19.1. The van der Waals surface area contributed by atoms with E-state index >= 15 is 0 Å². The number of aromatic amines is 1. The van der Waals surface area contributed by atoms with Crippen LogP contribution in [0.15, 0.2) is 29.4 Å². The lowest BCUT2D eigenvalue weighted by Crippen LogP contribution is -2.42. The normalized spacial score (nSPS) is 16.2. The van der Waals surface area contributed by atoms with Gasteiger partial charge < -0.3 is 15.6 Å². The average molecular weight is 316 g/mol. The van der Waals surface area contributed by atoms with Crippen LogP contribution in [-0.4, -0.2) is 30.1 Å². The molecule has 0 saturated heterocycles. The number of benzene rings is 1. The van der Waals surface area contributed by atoms with Gasteiger partial charge in [-0.1, -0.05) is 12.8 Å². The summed E-state index contributed by atoms with van der Waals surface area (Å²) in [6.07, 6.45) is 7.88. The van der Waals surface area contributed by atoms with E-state index in [1.165, 1.54) is 43.4 Å². The fourth-order valence-electron chi connectivity index (χ4n) is 3.24. The van der Waals surface area contributed by atoms with E-state index < -0.39 is 0 Å². The van der Waals surface area contributed by atoms with Crippen LogP contribution in [0.4, 0.5) is 4.39 Å². The Morgan fingerprint density at radius 2 is 2.17 bits per heavy atom. The number of hydrogen-bond acceptors (Lipinski definition) is 1. The van der Waals surface area contributed by atoms with Crippen LogP contribution in [0, 0.1) is 5.82 Å². The molecule has 0 unspecified atom stereocenters. The molecule has 124 valence electrons. The van der Waals surface area contributed by atoms with Crippen molar-refractivity contribution in [2.24, 2.45) is 4.99 Å². The van der Waals surface area contributed by atoms with Crippen molar-refractivity contribution in [2.45, 2.75) is 45.1 Å². The van der Waals surface area contributed by atoms with Gasteiger partial charge in [0.2, 0.25) is 0 Å². The third-order valence-electron chi connectivity index (χ3n) is 4.42. The molecule has 0 atom stereocenters. The van der Waals surface area contributed by atoms with Crippen LogP contribution in [0.5, 0.6) is 0 Å². The van der Waals surface area contributed by atoms with E-state index in [9.17, 15) is 4.39 Å². The summed E-state index contributed by atoms with van der Waals surface area (Å²) in [5, 5.41) is 7.92. The zero-order valence-corrected chi connectivity index (χ0v) is 13.7. The molecule has 0 radical (unpaired) electrons. The highest BCUT2D eigenvalue weighted by molar-refractivity contribution is 5.83. The van der Waals surface area contributed by atoms with Crippen molar-refractivity contribution in [2.75, 3.05) is 13.1 Å². The molecule has 4 nitrogen and oxygen atoms in total. The fraction of sp³-hybridized carbons (Fsp3) is 0.500. The van der Waals surface area contributed by atoms with Crippen LogP contribution < -0.4 is 10.6 Å². The van der Waals surface area contributed by atoms with Crippen LogP contribution in [0.2, 0.25) is 0 Å². The largest absolute Gasteiger partial charge is 0.361 e. The summed E-state index contributed by atoms with van der Waals surface area (Å²) in [7, 11) is 0. The molecule has 1 aliphatic carbocycles. The minimum absolute atomic E-state index is 0.209. The monoisotopic (exact) mass is 316 g/mol. The number of nitrogens with one attached hydrogen (secondary N) is 3. The van der Waals surface area contributed by atoms with Gasteiger partial charge in [0.1, 0.15) is 5.82 Å². The van der Waals surface area contributed by atoms with Gasteiger partial charge in [-0.3, -0.25) is 4.99 Å². The summed E-state index contributed by atoms with van der Waals surface area (Å²) in [6, 6.07) is 5.44. The summed E-state index contributed by atoms with van der Waals surface area (Å²) in [5.74, 6) is 0.699. The van der Waals surface area contributed by atoms with Gasteiger partial charge in [0, 0.05) is 36.2 Å². The van der Waals surface area contributed by atoms with Gasteiger partial charge in [-0.2, -0.15) is 0 Å². The van der Waals surface area contributed by atoms with E-state index in [-0.39, 0.29) is 5.82 Å². The second-order valence-electron chi connectivity index (χ2n) is 6.14. The first-order chi connectivity index (χ1) is 11.3. The van der Waals surface area contributed by atoms with E-state index in [0.717, 1.165) is 29.8 Å². The molecule has 0 aliphatic heterocycles. The highest BCUT2D eigenvalue weighted by Gasteiger charge is 2.15. The van der Waals surface area contributed by atoms with Gasteiger partial charge in [0.05, 0.1) is 0 Å². The molecule has 1 aromatic carbocycles. The third-order valence-corrected chi connectivity index (χ3v) is 4.42. The number of nitrogens with zero attached hydrogens (tertiary/aromatic N) is 1. The molecule has 1 heterocycles. The lowest BCUT2D eigenvalue weighted by molar-refractivity contribution is 0.614. The van der Waals surface area contributed by atoms with Gasteiger partial charge in [0.15, 0.2) is 5.96 Å². The zero-order chi connectivity index (χ0) is 16.1. The van der Waals surface area contributed by atoms with E-state index in [1.807, 2.05) is 12.3 Å².